The molecule has 4 aromatic carbocycles. The van der Waals surface area contributed by atoms with Crippen molar-refractivity contribution in [3.8, 4) is 5.75 Å². The molecule has 0 N–H and O–H groups in total. The van der Waals surface area contributed by atoms with Crippen molar-refractivity contribution in [2.75, 3.05) is 6.61 Å². The average molecular weight is 561 g/mol. The standard InChI is InChI=1S/C34H28N2O4S/c1-3-39-33(38)30-22(2)35-34-36(31(30)25-13-5-4-6-14-25)32(37)29(41-34)20-23-11-9-17-27(19-23)40-21-26-16-10-15-24-12-7-8-18-28(24)26/h4-20,31H,3,21H2,1-2H3/b29-20-. The number of hydrogen-bond acceptors (Lipinski definition) is 6. The fourth-order valence-corrected chi connectivity index (χ4v) is 6.21. The molecule has 0 fully saturated rings. The van der Waals surface area contributed by atoms with Gasteiger partial charge in [0.1, 0.15) is 12.4 Å². The Morgan fingerprint density at radius 1 is 0.976 bits per heavy atom. The number of ether oxygens (including phenoxy) is 2. The topological polar surface area (TPSA) is 69.9 Å². The Labute approximate surface area is 241 Å². The Bertz CT molecular complexity index is 1970. The molecular formula is C34H28N2O4S. The van der Waals surface area contributed by atoms with Crippen LogP contribution in [0, 0.1) is 0 Å². The van der Waals surface area contributed by atoms with Gasteiger partial charge in [-0.05, 0) is 59.5 Å². The molecule has 0 aliphatic carbocycles. The highest BCUT2D eigenvalue weighted by molar-refractivity contribution is 7.07. The number of carbonyl (C=O) groups excluding carboxylic acids is 1. The second kappa shape index (κ2) is 11.4. The van der Waals surface area contributed by atoms with Crippen molar-refractivity contribution in [1.82, 2.24) is 4.57 Å². The minimum Gasteiger partial charge on any atom is -0.489 e. The highest BCUT2D eigenvalue weighted by Crippen LogP contribution is 2.30. The van der Waals surface area contributed by atoms with Crippen LogP contribution in [0.3, 0.4) is 0 Å². The smallest absolute Gasteiger partial charge is 0.338 e. The van der Waals surface area contributed by atoms with Gasteiger partial charge in [-0.1, -0.05) is 96.3 Å². The molecule has 6 nitrogen and oxygen atoms in total. The van der Waals surface area contributed by atoms with Gasteiger partial charge in [-0.3, -0.25) is 9.36 Å². The zero-order valence-corrected chi connectivity index (χ0v) is 23.6. The zero-order valence-electron chi connectivity index (χ0n) is 22.7. The maximum atomic E-state index is 13.8. The summed E-state index contributed by atoms with van der Waals surface area (Å²) in [5.74, 6) is 0.245. The van der Waals surface area contributed by atoms with Crippen LogP contribution in [0.5, 0.6) is 5.75 Å². The number of esters is 1. The molecule has 0 radical (unpaired) electrons. The summed E-state index contributed by atoms with van der Waals surface area (Å²) in [6.45, 7) is 4.22. The van der Waals surface area contributed by atoms with E-state index in [-0.39, 0.29) is 12.2 Å². The lowest BCUT2D eigenvalue weighted by atomic mass is 9.96. The van der Waals surface area contributed by atoms with Crippen molar-refractivity contribution in [3.63, 3.8) is 0 Å². The number of nitrogens with zero attached hydrogens (tertiary/aromatic N) is 2. The van der Waals surface area contributed by atoms with Crippen molar-refractivity contribution < 1.29 is 14.3 Å². The summed E-state index contributed by atoms with van der Waals surface area (Å²) in [5, 5.41) is 2.34. The average Bonchev–Trinajstić information content (AvgIpc) is 3.29. The first-order valence-corrected chi connectivity index (χ1v) is 14.3. The van der Waals surface area contributed by atoms with E-state index in [4.69, 9.17) is 9.47 Å². The lowest BCUT2D eigenvalue weighted by molar-refractivity contribution is -0.139. The molecule has 0 saturated carbocycles. The van der Waals surface area contributed by atoms with Gasteiger partial charge in [0.05, 0.1) is 28.5 Å². The molecule has 1 atom stereocenters. The first-order valence-electron chi connectivity index (χ1n) is 13.5. The van der Waals surface area contributed by atoms with E-state index < -0.39 is 12.0 Å². The Morgan fingerprint density at radius 3 is 2.56 bits per heavy atom. The number of allylic oxidation sites excluding steroid dienone is 1. The summed E-state index contributed by atoms with van der Waals surface area (Å²) in [6, 6.07) is 31.0. The minimum atomic E-state index is -0.621. The Hall–Kier alpha value is -4.75. The van der Waals surface area contributed by atoms with Gasteiger partial charge in [-0.2, -0.15) is 0 Å². The molecule has 7 heteroatoms. The van der Waals surface area contributed by atoms with Crippen LogP contribution in [0.2, 0.25) is 0 Å². The molecule has 5 aromatic rings. The molecule has 1 aliphatic heterocycles. The van der Waals surface area contributed by atoms with Gasteiger partial charge in [0, 0.05) is 0 Å². The van der Waals surface area contributed by atoms with Crippen molar-refractivity contribution in [2.45, 2.75) is 26.5 Å². The molecule has 204 valence electrons. The SMILES string of the molecule is CCOC(=O)C1=C(C)N=c2s/c(=C\c3cccc(OCc4cccc5ccccc45)c3)c(=O)n2C1c1ccccc1. The van der Waals surface area contributed by atoms with Crippen LogP contribution in [-0.4, -0.2) is 17.1 Å². The van der Waals surface area contributed by atoms with Gasteiger partial charge in [0.15, 0.2) is 4.80 Å². The normalized spacial score (nSPS) is 15.0. The lowest BCUT2D eigenvalue weighted by Gasteiger charge is -2.24. The molecule has 0 bridgehead atoms. The summed E-state index contributed by atoms with van der Waals surface area (Å²) < 4.78 is 13.7. The van der Waals surface area contributed by atoms with E-state index in [9.17, 15) is 9.59 Å². The van der Waals surface area contributed by atoms with Gasteiger partial charge >= 0.3 is 5.97 Å². The molecule has 41 heavy (non-hydrogen) atoms. The zero-order chi connectivity index (χ0) is 28.3. The third-order valence-electron chi connectivity index (χ3n) is 7.06. The number of benzene rings is 4. The second-order valence-electron chi connectivity index (χ2n) is 9.71. The van der Waals surface area contributed by atoms with Crippen LogP contribution in [-0.2, 0) is 16.1 Å². The summed E-state index contributed by atoms with van der Waals surface area (Å²) in [4.78, 5) is 32.0. The largest absolute Gasteiger partial charge is 0.489 e. The first-order chi connectivity index (χ1) is 20.0. The Balaban J connectivity index is 1.36. The molecule has 1 unspecified atom stereocenters. The highest BCUT2D eigenvalue weighted by Gasteiger charge is 2.33. The van der Waals surface area contributed by atoms with Crippen LogP contribution >= 0.6 is 11.3 Å². The summed E-state index contributed by atoms with van der Waals surface area (Å²) in [7, 11) is 0. The number of aromatic nitrogens is 1. The predicted octanol–water partition coefficient (Wildman–Crippen LogP) is 5.53. The van der Waals surface area contributed by atoms with E-state index in [2.05, 4.69) is 29.3 Å². The number of rotatable bonds is 7. The van der Waals surface area contributed by atoms with Crippen molar-refractivity contribution in [2.24, 2.45) is 4.99 Å². The van der Waals surface area contributed by atoms with E-state index in [1.807, 2.05) is 78.9 Å². The molecule has 0 saturated heterocycles. The van der Waals surface area contributed by atoms with Gasteiger partial charge in [-0.15, -0.1) is 0 Å². The van der Waals surface area contributed by atoms with E-state index in [1.54, 1.807) is 18.4 Å². The number of fused-ring (bicyclic) bond motifs is 2. The third-order valence-corrected chi connectivity index (χ3v) is 8.05. The lowest BCUT2D eigenvalue weighted by Crippen LogP contribution is -2.39. The Morgan fingerprint density at radius 2 is 1.73 bits per heavy atom. The van der Waals surface area contributed by atoms with Gasteiger partial charge in [0.25, 0.3) is 5.56 Å². The number of thiazole rings is 1. The molecule has 0 spiro atoms. The monoisotopic (exact) mass is 560 g/mol. The molecule has 6 rings (SSSR count). The second-order valence-corrected chi connectivity index (χ2v) is 10.7. The summed E-state index contributed by atoms with van der Waals surface area (Å²) in [5.41, 5.74) is 3.48. The fraction of sp³-hybridized carbons (Fsp3) is 0.147. The predicted molar refractivity (Wildman–Crippen MR) is 162 cm³/mol. The van der Waals surface area contributed by atoms with Gasteiger partial charge in [0.2, 0.25) is 0 Å². The van der Waals surface area contributed by atoms with Crippen LogP contribution in [0.1, 0.15) is 36.6 Å². The van der Waals surface area contributed by atoms with E-state index in [0.29, 0.717) is 33.0 Å². The highest BCUT2D eigenvalue weighted by atomic mass is 32.1. The van der Waals surface area contributed by atoms with Crippen molar-refractivity contribution >= 4 is 34.2 Å². The van der Waals surface area contributed by atoms with Crippen molar-refractivity contribution in [3.05, 3.63) is 145 Å². The Kier molecular flexibility index (Phi) is 7.35. The number of carbonyl (C=O) groups is 1. The van der Waals surface area contributed by atoms with Gasteiger partial charge < -0.3 is 9.47 Å². The fourth-order valence-electron chi connectivity index (χ4n) is 5.17. The van der Waals surface area contributed by atoms with Crippen LogP contribution in [0.25, 0.3) is 16.8 Å². The quantitative estimate of drug-likeness (QED) is 0.246. The molecule has 1 aromatic heterocycles. The van der Waals surface area contributed by atoms with E-state index in [0.717, 1.165) is 22.1 Å². The van der Waals surface area contributed by atoms with Gasteiger partial charge in [-0.25, -0.2) is 9.79 Å². The molecular weight excluding hydrogens is 532 g/mol. The van der Waals surface area contributed by atoms with Crippen LogP contribution in [0.15, 0.2) is 118 Å². The van der Waals surface area contributed by atoms with E-state index >= 15 is 0 Å². The van der Waals surface area contributed by atoms with E-state index in [1.165, 1.54) is 16.7 Å². The summed E-state index contributed by atoms with van der Waals surface area (Å²) in [6.07, 6.45) is 1.85. The number of hydrogen-bond donors (Lipinski definition) is 0. The van der Waals surface area contributed by atoms with Crippen LogP contribution < -0.4 is 19.6 Å². The van der Waals surface area contributed by atoms with Crippen LogP contribution in [0.4, 0.5) is 0 Å². The third kappa shape index (κ3) is 5.24. The van der Waals surface area contributed by atoms with Crippen molar-refractivity contribution in [1.29, 1.82) is 0 Å². The minimum absolute atomic E-state index is 0.209. The molecule has 2 heterocycles. The first kappa shape index (κ1) is 26.5. The molecule has 0 amide bonds. The molecule has 1 aliphatic rings. The summed E-state index contributed by atoms with van der Waals surface area (Å²) >= 11 is 1.30. The maximum absolute atomic E-state index is 13.8. The maximum Gasteiger partial charge on any atom is 0.338 e.